The molecule has 0 aliphatic carbocycles. The number of aryl methyl sites for hydroxylation is 1. The van der Waals surface area contributed by atoms with Crippen molar-refractivity contribution in [3.63, 3.8) is 0 Å². The fraction of sp³-hybridized carbons (Fsp3) is 0.0500. The molecule has 0 bridgehead atoms. The number of benzene rings is 2. The number of esters is 1. The van der Waals surface area contributed by atoms with Crippen LogP contribution in [-0.2, 0) is 9.53 Å². The average Bonchev–Trinajstić information content (AvgIpc) is 3.22. The van der Waals surface area contributed by atoms with Gasteiger partial charge in [0.05, 0.1) is 10.0 Å². The van der Waals surface area contributed by atoms with Crippen LogP contribution in [0.5, 0.6) is 0 Å². The molecule has 2 heterocycles. The topological polar surface area (TPSA) is 64.7 Å². The second-order valence-corrected chi connectivity index (χ2v) is 6.59. The van der Waals surface area contributed by atoms with Crippen molar-refractivity contribution < 1.29 is 14.1 Å². The molecule has 0 fully saturated rings. The smallest absolute Gasteiger partial charge is 0.363 e. The Bertz CT molecular complexity index is 1100. The molecule has 0 radical (unpaired) electrons. The van der Waals surface area contributed by atoms with E-state index in [0.29, 0.717) is 32.6 Å². The van der Waals surface area contributed by atoms with Crippen LogP contribution in [0.2, 0.25) is 10.0 Å². The number of rotatable bonds is 3. The number of cyclic esters (lactones) is 1. The summed E-state index contributed by atoms with van der Waals surface area (Å²) in [6.45, 7) is 1.74. The minimum Gasteiger partial charge on any atom is -0.402 e. The maximum atomic E-state index is 12.3. The van der Waals surface area contributed by atoms with Crippen LogP contribution in [0.1, 0.15) is 16.9 Å². The highest BCUT2D eigenvalue weighted by Crippen LogP contribution is 2.31. The number of aliphatic imine (C=N–C) groups is 1. The van der Waals surface area contributed by atoms with Crippen LogP contribution >= 0.6 is 23.2 Å². The Labute approximate surface area is 164 Å². The lowest BCUT2D eigenvalue weighted by atomic mass is 10.1. The van der Waals surface area contributed by atoms with Crippen molar-refractivity contribution in [2.75, 3.05) is 0 Å². The van der Waals surface area contributed by atoms with E-state index in [1.54, 1.807) is 25.1 Å². The van der Waals surface area contributed by atoms with Crippen LogP contribution in [0.15, 0.2) is 63.7 Å². The van der Waals surface area contributed by atoms with Gasteiger partial charge in [0.1, 0.15) is 17.0 Å². The second-order valence-electron chi connectivity index (χ2n) is 5.81. The summed E-state index contributed by atoms with van der Waals surface area (Å²) in [4.78, 5) is 16.6. The number of halogens is 2. The first-order valence-electron chi connectivity index (χ1n) is 8.03. The Morgan fingerprint density at radius 2 is 1.81 bits per heavy atom. The molecule has 0 unspecified atom stereocenters. The molecule has 27 heavy (non-hydrogen) atoms. The monoisotopic (exact) mass is 398 g/mol. The number of hydrogen-bond donors (Lipinski definition) is 0. The zero-order valence-corrected chi connectivity index (χ0v) is 15.6. The fourth-order valence-corrected chi connectivity index (χ4v) is 3.07. The number of carbonyl (C=O) groups excluding carboxylic acids is 1. The van der Waals surface area contributed by atoms with Crippen LogP contribution in [0.3, 0.4) is 0 Å². The molecule has 134 valence electrons. The molecule has 0 amide bonds. The maximum Gasteiger partial charge on any atom is 0.363 e. The lowest BCUT2D eigenvalue weighted by Gasteiger charge is -2.01. The Morgan fingerprint density at radius 1 is 1.04 bits per heavy atom. The Hall–Kier alpha value is -2.89. The van der Waals surface area contributed by atoms with Gasteiger partial charge in [-0.15, -0.1) is 0 Å². The zero-order valence-electron chi connectivity index (χ0n) is 14.1. The van der Waals surface area contributed by atoms with Gasteiger partial charge >= 0.3 is 5.97 Å². The minimum absolute atomic E-state index is 0.119. The van der Waals surface area contributed by atoms with E-state index in [9.17, 15) is 4.79 Å². The van der Waals surface area contributed by atoms with Gasteiger partial charge in [-0.25, -0.2) is 9.79 Å². The summed E-state index contributed by atoms with van der Waals surface area (Å²) in [6, 6.07) is 14.6. The number of aromatic nitrogens is 1. The third-order valence-corrected chi connectivity index (χ3v) is 4.85. The van der Waals surface area contributed by atoms with E-state index in [2.05, 4.69) is 10.1 Å². The van der Waals surface area contributed by atoms with E-state index in [-0.39, 0.29) is 11.6 Å². The van der Waals surface area contributed by atoms with Crippen LogP contribution < -0.4 is 0 Å². The van der Waals surface area contributed by atoms with Crippen LogP contribution in [-0.4, -0.2) is 17.0 Å². The second kappa shape index (κ2) is 7.02. The SMILES string of the molecule is Cc1onc(-c2ccccc2)c1C1=NC(=Cc2cccc(Cl)c2Cl)C(=O)O1. The van der Waals surface area contributed by atoms with Gasteiger partial charge in [0.15, 0.2) is 5.70 Å². The zero-order chi connectivity index (χ0) is 19.0. The average molecular weight is 399 g/mol. The first kappa shape index (κ1) is 17.5. The van der Waals surface area contributed by atoms with Gasteiger partial charge < -0.3 is 9.26 Å². The summed E-state index contributed by atoms with van der Waals surface area (Å²) in [5.41, 5.74) is 2.62. The maximum absolute atomic E-state index is 12.3. The molecule has 5 nitrogen and oxygen atoms in total. The quantitative estimate of drug-likeness (QED) is 0.443. The van der Waals surface area contributed by atoms with Crippen molar-refractivity contribution in [1.29, 1.82) is 0 Å². The Kier molecular flexibility index (Phi) is 4.56. The molecule has 1 aliphatic rings. The van der Waals surface area contributed by atoms with Gasteiger partial charge in [0.25, 0.3) is 0 Å². The van der Waals surface area contributed by atoms with Crippen molar-refractivity contribution in [3.8, 4) is 11.3 Å². The van der Waals surface area contributed by atoms with Crippen LogP contribution in [0.4, 0.5) is 0 Å². The number of ether oxygens (including phenoxy) is 1. The number of hydrogen-bond acceptors (Lipinski definition) is 5. The Morgan fingerprint density at radius 3 is 2.59 bits per heavy atom. The molecular formula is C20H12Cl2N2O3. The predicted molar refractivity (Wildman–Crippen MR) is 104 cm³/mol. The fourth-order valence-electron chi connectivity index (χ4n) is 2.71. The van der Waals surface area contributed by atoms with E-state index in [0.717, 1.165) is 5.56 Å². The molecule has 1 aliphatic heterocycles. The molecule has 4 rings (SSSR count). The molecule has 0 spiro atoms. The van der Waals surface area contributed by atoms with Crippen molar-refractivity contribution >= 4 is 41.1 Å². The molecule has 3 aromatic rings. The first-order chi connectivity index (χ1) is 13.0. The highest BCUT2D eigenvalue weighted by molar-refractivity contribution is 6.43. The molecule has 1 aromatic heterocycles. The lowest BCUT2D eigenvalue weighted by Crippen LogP contribution is -2.07. The molecule has 7 heteroatoms. The van der Waals surface area contributed by atoms with Crippen LogP contribution in [0, 0.1) is 6.92 Å². The van der Waals surface area contributed by atoms with E-state index in [1.165, 1.54) is 6.08 Å². The third-order valence-electron chi connectivity index (χ3n) is 4.02. The molecular weight excluding hydrogens is 387 g/mol. The number of carbonyl (C=O) groups is 1. The normalized spacial score (nSPS) is 15.1. The van der Waals surface area contributed by atoms with Gasteiger partial charge in [-0.2, -0.15) is 0 Å². The van der Waals surface area contributed by atoms with Gasteiger partial charge in [0.2, 0.25) is 5.90 Å². The van der Waals surface area contributed by atoms with Gasteiger partial charge in [0, 0.05) is 5.56 Å². The van der Waals surface area contributed by atoms with Gasteiger partial charge in [-0.1, -0.05) is 70.8 Å². The van der Waals surface area contributed by atoms with E-state index >= 15 is 0 Å². The molecule has 0 saturated carbocycles. The predicted octanol–water partition coefficient (Wildman–Crippen LogP) is 5.30. The van der Waals surface area contributed by atoms with Crippen molar-refractivity contribution in [2.24, 2.45) is 4.99 Å². The van der Waals surface area contributed by atoms with Crippen molar-refractivity contribution in [3.05, 3.63) is 81.2 Å². The summed E-state index contributed by atoms with van der Waals surface area (Å²) in [7, 11) is 0. The summed E-state index contributed by atoms with van der Waals surface area (Å²) < 4.78 is 10.7. The summed E-state index contributed by atoms with van der Waals surface area (Å²) in [6.07, 6.45) is 1.54. The standard InChI is InChI=1S/C20H12Cl2N2O3/c1-11-16(18(24-27-11)12-6-3-2-4-7-12)19-23-15(20(25)26-19)10-13-8-5-9-14(21)17(13)22/h2-10H,1H3. The summed E-state index contributed by atoms with van der Waals surface area (Å²) >= 11 is 12.2. The molecule has 2 aromatic carbocycles. The summed E-state index contributed by atoms with van der Waals surface area (Å²) in [5.74, 6) is 0.0603. The third kappa shape index (κ3) is 3.27. The lowest BCUT2D eigenvalue weighted by molar-refractivity contribution is -0.129. The minimum atomic E-state index is -0.583. The van der Waals surface area contributed by atoms with Crippen molar-refractivity contribution in [1.82, 2.24) is 5.16 Å². The molecule has 0 saturated heterocycles. The van der Waals surface area contributed by atoms with E-state index < -0.39 is 5.97 Å². The van der Waals surface area contributed by atoms with Crippen LogP contribution in [0.25, 0.3) is 17.3 Å². The first-order valence-corrected chi connectivity index (χ1v) is 8.79. The number of nitrogens with zero attached hydrogens (tertiary/aromatic N) is 2. The molecule has 0 atom stereocenters. The largest absolute Gasteiger partial charge is 0.402 e. The van der Waals surface area contributed by atoms with Gasteiger partial charge in [-0.05, 0) is 24.6 Å². The molecule has 0 N–H and O–H groups in total. The highest BCUT2D eigenvalue weighted by Gasteiger charge is 2.30. The van der Waals surface area contributed by atoms with Crippen molar-refractivity contribution in [2.45, 2.75) is 6.92 Å². The van der Waals surface area contributed by atoms with Gasteiger partial charge in [-0.3, -0.25) is 0 Å². The van der Waals surface area contributed by atoms with E-state index in [4.69, 9.17) is 32.5 Å². The highest BCUT2D eigenvalue weighted by atomic mass is 35.5. The van der Waals surface area contributed by atoms with E-state index in [1.807, 2.05) is 30.3 Å². The Balaban J connectivity index is 1.78. The summed E-state index contributed by atoms with van der Waals surface area (Å²) in [5, 5.41) is 4.82.